The van der Waals surface area contributed by atoms with Gasteiger partial charge < -0.3 is 14.0 Å². The fourth-order valence-electron chi connectivity index (χ4n) is 3.13. The van der Waals surface area contributed by atoms with Crippen molar-refractivity contribution in [3.63, 3.8) is 0 Å². The zero-order chi connectivity index (χ0) is 19.6. The van der Waals surface area contributed by atoms with E-state index in [-0.39, 0.29) is 0 Å². The molecule has 0 aliphatic carbocycles. The number of aromatic nitrogens is 6. The topological polar surface area (TPSA) is 79.4 Å². The Balaban J connectivity index is 1.36. The second kappa shape index (κ2) is 7.51. The number of hydrogen-bond donors (Lipinski definition) is 0. The molecule has 0 unspecified atom stereocenters. The molecule has 8 nitrogen and oxygen atoms in total. The van der Waals surface area contributed by atoms with E-state index in [1.54, 1.807) is 4.52 Å². The van der Waals surface area contributed by atoms with Gasteiger partial charge in [0.15, 0.2) is 22.3 Å². The number of hydrogen-bond acceptors (Lipinski definition) is 7. The first kappa shape index (κ1) is 17.6. The molecule has 5 aromatic rings. The van der Waals surface area contributed by atoms with E-state index >= 15 is 0 Å². The first-order chi connectivity index (χ1) is 14.3. The predicted molar refractivity (Wildman–Crippen MR) is 109 cm³/mol. The van der Waals surface area contributed by atoms with Crippen molar-refractivity contribution in [3.05, 3.63) is 65.7 Å². The Morgan fingerprint density at radius 3 is 2.62 bits per heavy atom. The highest BCUT2D eigenvalue weighted by Crippen LogP contribution is 2.28. The molecule has 5 rings (SSSR count). The Kier molecular flexibility index (Phi) is 4.57. The van der Waals surface area contributed by atoms with Crippen molar-refractivity contribution < 1.29 is 9.47 Å². The van der Waals surface area contributed by atoms with Crippen LogP contribution in [0.2, 0.25) is 0 Å². The summed E-state index contributed by atoms with van der Waals surface area (Å²) in [6.07, 6.45) is 1.81. The van der Waals surface area contributed by atoms with Gasteiger partial charge in [-0.2, -0.15) is 9.61 Å². The van der Waals surface area contributed by atoms with Crippen LogP contribution >= 0.6 is 11.3 Å². The summed E-state index contributed by atoms with van der Waals surface area (Å²) in [6, 6.07) is 15.6. The van der Waals surface area contributed by atoms with Gasteiger partial charge >= 0.3 is 0 Å². The molecule has 9 heteroatoms. The van der Waals surface area contributed by atoms with Crippen LogP contribution in [0.1, 0.15) is 17.8 Å². The van der Waals surface area contributed by atoms with Gasteiger partial charge in [-0.15, -0.1) is 10.2 Å². The molecule has 3 heterocycles. The van der Waals surface area contributed by atoms with Crippen molar-refractivity contribution in [2.45, 2.75) is 20.1 Å². The van der Waals surface area contributed by atoms with Gasteiger partial charge in [-0.1, -0.05) is 35.6 Å². The Bertz CT molecular complexity index is 1270. The van der Waals surface area contributed by atoms with Crippen LogP contribution in [0.4, 0.5) is 0 Å². The van der Waals surface area contributed by atoms with Crippen molar-refractivity contribution in [1.82, 2.24) is 29.4 Å². The summed E-state index contributed by atoms with van der Waals surface area (Å²) >= 11 is 1.46. The molecule has 0 aliphatic heterocycles. The molecule has 0 saturated carbocycles. The van der Waals surface area contributed by atoms with Crippen LogP contribution in [-0.4, -0.2) is 36.0 Å². The first-order valence-electron chi connectivity index (χ1n) is 9.26. The molecule has 0 radical (unpaired) electrons. The third kappa shape index (κ3) is 3.40. The lowest BCUT2D eigenvalue weighted by Crippen LogP contribution is -2.05. The van der Waals surface area contributed by atoms with Gasteiger partial charge in [-0.25, -0.2) is 4.98 Å². The van der Waals surface area contributed by atoms with Gasteiger partial charge in [0.05, 0.1) is 30.5 Å². The second-order valence-corrected chi connectivity index (χ2v) is 7.38. The maximum absolute atomic E-state index is 5.92. The minimum Gasteiger partial charge on any atom is -0.490 e. The smallest absolute Gasteiger partial charge is 0.234 e. The summed E-state index contributed by atoms with van der Waals surface area (Å²) in [4.78, 5) is 5.16. The molecule has 146 valence electrons. The molecule has 0 aliphatic rings. The van der Waals surface area contributed by atoms with Gasteiger partial charge in [-0.3, -0.25) is 0 Å². The van der Waals surface area contributed by atoms with Crippen molar-refractivity contribution >= 4 is 27.3 Å². The highest BCUT2D eigenvalue weighted by molar-refractivity contribution is 7.16. The van der Waals surface area contributed by atoms with Crippen LogP contribution in [-0.2, 0) is 13.2 Å². The Morgan fingerprint density at radius 1 is 0.966 bits per heavy atom. The van der Waals surface area contributed by atoms with Crippen LogP contribution in [0.3, 0.4) is 0 Å². The maximum Gasteiger partial charge on any atom is 0.234 e. The summed E-state index contributed by atoms with van der Waals surface area (Å²) in [5.41, 5.74) is 2.00. The van der Waals surface area contributed by atoms with E-state index in [9.17, 15) is 0 Å². The van der Waals surface area contributed by atoms with Gasteiger partial charge in [0.2, 0.25) is 4.96 Å². The molecule has 2 aromatic carbocycles. The van der Waals surface area contributed by atoms with Crippen LogP contribution in [0.15, 0.2) is 54.9 Å². The van der Waals surface area contributed by atoms with Crippen LogP contribution in [0, 0.1) is 0 Å². The number of fused-ring (bicyclic) bond motifs is 2. The molecular formula is C20H18N6O2S. The lowest BCUT2D eigenvalue weighted by Gasteiger charge is -2.10. The summed E-state index contributed by atoms with van der Waals surface area (Å²) in [7, 11) is 0. The molecule has 29 heavy (non-hydrogen) atoms. The van der Waals surface area contributed by atoms with Crippen LogP contribution in [0.5, 0.6) is 11.5 Å². The number of para-hydroxylation sites is 4. The highest BCUT2D eigenvalue weighted by Gasteiger charge is 2.14. The van der Waals surface area contributed by atoms with E-state index in [1.165, 1.54) is 11.3 Å². The molecule has 0 spiro atoms. The molecule has 0 fully saturated rings. The number of nitrogens with zero attached hydrogens (tertiary/aromatic N) is 6. The number of imidazole rings is 1. The number of benzene rings is 2. The van der Waals surface area contributed by atoms with E-state index < -0.39 is 0 Å². The highest BCUT2D eigenvalue weighted by atomic mass is 32.1. The molecule has 0 saturated heterocycles. The standard InChI is InChI=1S/C20H18N6O2S/c1-2-27-16-9-5-6-10-17(16)28-12-19-24-26-18(22-23-20(26)29-19)11-25-13-21-14-7-3-4-8-15(14)25/h3-10,13H,2,11-12H2,1H3. The average molecular weight is 406 g/mol. The lowest BCUT2D eigenvalue weighted by atomic mass is 10.3. The quantitative estimate of drug-likeness (QED) is 0.411. The van der Waals surface area contributed by atoms with E-state index in [0.29, 0.717) is 25.5 Å². The molecule has 0 amide bonds. The van der Waals surface area contributed by atoms with Gasteiger partial charge in [0.1, 0.15) is 6.61 Å². The van der Waals surface area contributed by atoms with Gasteiger partial charge in [0, 0.05) is 0 Å². The zero-order valence-corrected chi connectivity index (χ0v) is 16.5. The Hall–Kier alpha value is -3.46. The average Bonchev–Trinajstić information content (AvgIpc) is 3.44. The van der Waals surface area contributed by atoms with Crippen LogP contribution in [0.25, 0.3) is 16.0 Å². The lowest BCUT2D eigenvalue weighted by molar-refractivity contribution is 0.268. The fourth-order valence-corrected chi connectivity index (χ4v) is 3.89. The van der Waals surface area contributed by atoms with Crippen molar-refractivity contribution in [2.24, 2.45) is 0 Å². The minimum atomic E-state index is 0.339. The minimum absolute atomic E-state index is 0.339. The zero-order valence-electron chi connectivity index (χ0n) is 15.7. The first-order valence-corrected chi connectivity index (χ1v) is 10.1. The van der Waals surface area contributed by atoms with Gasteiger partial charge in [0.25, 0.3) is 0 Å². The normalized spacial score (nSPS) is 11.3. The molecule has 3 aromatic heterocycles. The maximum atomic E-state index is 5.92. The summed E-state index contributed by atoms with van der Waals surface area (Å²) in [6.45, 7) is 3.42. The van der Waals surface area contributed by atoms with Crippen molar-refractivity contribution in [1.29, 1.82) is 0 Å². The SMILES string of the molecule is CCOc1ccccc1OCc1nn2c(Cn3cnc4ccccc43)nnc2s1. The van der Waals surface area contributed by atoms with Crippen molar-refractivity contribution in [3.8, 4) is 11.5 Å². The Labute approximate surface area is 170 Å². The van der Waals surface area contributed by atoms with E-state index in [4.69, 9.17) is 9.47 Å². The fraction of sp³-hybridized carbons (Fsp3) is 0.200. The van der Waals surface area contributed by atoms with Gasteiger partial charge in [-0.05, 0) is 31.2 Å². The monoisotopic (exact) mass is 406 g/mol. The number of rotatable bonds is 7. The molecular weight excluding hydrogens is 388 g/mol. The van der Waals surface area contributed by atoms with E-state index in [0.717, 1.165) is 32.6 Å². The van der Waals surface area contributed by atoms with Crippen molar-refractivity contribution in [2.75, 3.05) is 6.61 Å². The largest absolute Gasteiger partial charge is 0.490 e. The molecule has 0 N–H and O–H groups in total. The third-order valence-corrected chi connectivity index (χ3v) is 5.31. The third-order valence-electron chi connectivity index (χ3n) is 4.44. The molecule has 0 bridgehead atoms. The second-order valence-electron chi connectivity index (χ2n) is 6.34. The van der Waals surface area contributed by atoms with Crippen LogP contribution < -0.4 is 9.47 Å². The summed E-state index contributed by atoms with van der Waals surface area (Å²) in [5, 5.41) is 14.0. The van der Waals surface area contributed by atoms with E-state index in [1.807, 2.05) is 66.3 Å². The van der Waals surface area contributed by atoms with E-state index in [2.05, 4.69) is 20.3 Å². The predicted octanol–water partition coefficient (Wildman–Crippen LogP) is 3.56. The molecule has 0 atom stereocenters. The Morgan fingerprint density at radius 2 is 1.76 bits per heavy atom. The summed E-state index contributed by atoms with van der Waals surface area (Å²) < 4.78 is 15.3. The number of ether oxygens (including phenoxy) is 2. The summed E-state index contributed by atoms with van der Waals surface area (Å²) in [5.74, 6) is 2.18.